The van der Waals surface area contributed by atoms with Crippen LogP contribution in [-0.4, -0.2) is 5.33 Å². The van der Waals surface area contributed by atoms with Crippen molar-refractivity contribution in [1.29, 1.82) is 5.26 Å². The molecule has 0 aromatic heterocycles. The first-order chi connectivity index (χ1) is 11.8. The van der Waals surface area contributed by atoms with E-state index in [-0.39, 0.29) is 0 Å². The fourth-order valence-electron chi connectivity index (χ4n) is 2.83. The third-order valence-corrected chi connectivity index (χ3v) is 4.91. The number of rotatable bonds is 10. The van der Waals surface area contributed by atoms with Crippen molar-refractivity contribution in [2.75, 3.05) is 5.33 Å². The Hall–Kier alpha value is -1.59. The fraction of sp³-hybridized carbons (Fsp3) is 0.409. The number of hydrogen-bond acceptors (Lipinski definition) is 1. The van der Waals surface area contributed by atoms with E-state index in [9.17, 15) is 0 Å². The summed E-state index contributed by atoms with van der Waals surface area (Å²) in [6.07, 6.45) is 8.46. The van der Waals surface area contributed by atoms with Crippen molar-refractivity contribution >= 4 is 15.9 Å². The van der Waals surface area contributed by atoms with E-state index < -0.39 is 0 Å². The molecule has 2 aromatic carbocycles. The van der Waals surface area contributed by atoms with Gasteiger partial charge in [-0.05, 0) is 67.2 Å². The number of halogens is 1. The lowest BCUT2D eigenvalue weighted by molar-refractivity contribution is 0.805. The molecule has 0 amide bonds. The van der Waals surface area contributed by atoms with Crippen LogP contribution in [-0.2, 0) is 25.7 Å². The molecule has 0 radical (unpaired) electrons. The highest BCUT2D eigenvalue weighted by atomic mass is 79.9. The van der Waals surface area contributed by atoms with Crippen molar-refractivity contribution in [2.45, 2.75) is 51.4 Å². The highest BCUT2D eigenvalue weighted by molar-refractivity contribution is 9.09. The van der Waals surface area contributed by atoms with Crippen LogP contribution in [0.5, 0.6) is 0 Å². The van der Waals surface area contributed by atoms with E-state index in [4.69, 9.17) is 5.26 Å². The summed E-state index contributed by atoms with van der Waals surface area (Å²) in [6, 6.07) is 20.2. The van der Waals surface area contributed by atoms with Gasteiger partial charge in [-0.15, -0.1) is 0 Å². The van der Waals surface area contributed by atoms with Crippen molar-refractivity contribution < 1.29 is 0 Å². The largest absolute Gasteiger partial charge is 0.198 e. The lowest BCUT2D eigenvalue weighted by Gasteiger charge is -2.06. The van der Waals surface area contributed by atoms with Crippen LogP contribution in [0.15, 0.2) is 48.5 Å². The first-order valence-electron chi connectivity index (χ1n) is 8.90. The van der Waals surface area contributed by atoms with Gasteiger partial charge in [0.05, 0.1) is 6.07 Å². The van der Waals surface area contributed by atoms with Gasteiger partial charge in [-0.3, -0.25) is 0 Å². The van der Waals surface area contributed by atoms with Gasteiger partial charge in [0.1, 0.15) is 0 Å². The second-order valence-corrected chi connectivity index (χ2v) is 7.08. The third-order valence-electron chi connectivity index (χ3n) is 4.35. The smallest absolute Gasteiger partial charge is 0.0621 e. The molecule has 0 spiro atoms. The fourth-order valence-corrected chi connectivity index (χ4v) is 3.23. The zero-order valence-corrected chi connectivity index (χ0v) is 15.9. The Labute approximate surface area is 154 Å². The minimum Gasteiger partial charge on any atom is -0.198 e. The Morgan fingerprint density at radius 2 is 1.04 bits per heavy atom. The molecule has 0 unspecified atom stereocenters. The summed E-state index contributed by atoms with van der Waals surface area (Å²) in [5.74, 6) is 0. The predicted octanol–water partition coefficient (Wildman–Crippen LogP) is 6.04. The molecule has 0 heterocycles. The van der Waals surface area contributed by atoms with Gasteiger partial charge in [0, 0.05) is 11.8 Å². The number of unbranched alkanes of at least 4 members (excludes halogenated alkanes) is 2. The molecule has 2 aromatic rings. The second kappa shape index (κ2) is 11.0. The van der Waals surface area contributed by atoms with Crippen molar-refractivity contribution in [3.8, 4) is 6.07 Å². The number of alkyl halides is 1. The number of benzene rings is 2. The van der Waals surface area contributed by atoms with Crippen LogP contribution < -0.4 is 0 Å². The summed E-state index contributed by atoms with van der Waals surface area (Å²) in [7, 11) is 0. The molecule has 0 aliphatic carbocycles. The van der Waals surface area contributed by atoms with Crippen molar-refractivity contribution in [2.24, 2.45) is 0 Å². The summed E-state index contributed by atoms with van der Waals surface area (Å²) in [5.41, 5.74) is 5.58. The number of aryl methyl sites for hydroxylation is 4. The van der Waals surface area contributed by atoms with Crippen LogP contribution in [0.4, 0.5) is 0 Å². The molecule has 0 N–H and O–H groups in total. The number of nitriles is 1. The van der Waals surface area contributed by atoms with Gasteiger partial charge in [-0.25, -0.2) is 0 Å². The molecule has 0 aliphatic heterocycles. The summed E-state index contributed by atoms with van der Waals surface area (Å²) < 4.78 is 0. The third kappa shape index (κ3) is 6.89. The first-order valence-corrected chi connectivity index (χ1v) is 10.0. The van der Waals surface area contributed by atoms with E-state index in [0.717, 1.165) is 31.0 Å². The molecule has 2 heteroatoms. The second-order valence-electron chi connectivity index (χ2n) is 6.29. The van der Waals surface area contributed by atoms with Gasteiger partial charge in [-0.2, -0.15) is 5.26 Å². The van der Waals surface area contributed by atoms with E-state index in [1.54, 1.807) is 0 Å². The van der Waals surface area contributed by atoms with Crippen molar-refractivity contribution in [1.82, 2.24) is 0 Å². The van der Waals surface area contributed by atoms with Gasteiger partial charge in [0.15, 0.2) is 0 Å². The van der Waals surface area contributed by atoms with Crippen LogP contribution in [0, 0.1) is 11.3 Å². The maximum Gasteiger partial charge on any atom is 0.0621 e. The molecule has 0 saturated carbocycles. The van der Waals surface area contributed by atoms with Gasteiger partial charge in [-0.1, -0.05) is 64.5 Å². The SMILES string of the molecule is N#CCCCc1ccc(CCc2ccc(CCCCBr)cc2)cc1. The van der Waals surface area contributed by atoms with Gasteiger partial charge < -0.3 is 0 Å². The standard InChI is InChI=1S/C22H26BrN/c23-17-3-1-5-19-7-11-21(12-8-19)15-16-22-13-9-20(10-14-22)6-2-4-18-24/h7-14H,1-6,15-17H2. The van der Waals surface area contributed by atoms with E-state index in [2.05, 4.69) is 70.5 Å². The quantitative estimate of drug-likeness (QED) is 0.362. The molecule has 1 nitrogen and oxygen atoms in total. The highest BCUT2D eigenvalue weighted by Crippen LogP contribution is 2.13. The first kappa shape index (κ1) is 18.7. The lowest BCUT2D eigenvalue weighted by atomic mass is 10.00. The molecule has 0 aliphatic rings. The van der Waals surface area contributed by atoms with Gasteiger partial charge >= 0.3 is 0 Å². The molecule has 0 saturated heterocycles. The van der Waals surface area contributed by atoms with E-state index in [1.807, 2.05) is 0 Å². The van der Waals surface area contributed by atoms with Crippen LogP contribution in [0.1, 0.15) is 47.9 Å². The average Bonchev–Trinajstić information content (AvgIpc) is 2.63. The monoisotopic (exact) mass is 383 g/mol. The van der Waals surface area contributed by atoms with Gasteiger partial charge in [0.25, 0.3) is 0 Å². The molecule has 0 fully saturated rings. The molecule has 2 rings (SSSR count). The molecule has 24 heavy (non-hydrogen) atoms. The average molecular weight is 384 g/mol. The Morgan fingerprint density at radius 3 is 1.46 bits per heavy atom. The minimum atomic E-state index is 0.647. The van der Waals surface area contributed by atoms with E-state index >= 15 is 0 Å². The molecule has 0 bridgehead atoms. The number of nitrogens with zero attached hydrogens (tertiary/aromatic N) is 1. The normalized spacial score (nSPS) is 10.5. The highest BCUT2D eigenvalue weighted by Gasteiger charge is 1.99. The maximum atomic E-state index is 8.59. The summed E-state index contributed by atoms with van der Waals surface area (Å²) in [6.45, 7) is 0. The van der Waals surface area contributed by atoms with Crippen LogP contribution in [0.3, 0.4) is 0 Å². The molecular weight excluding hydrogens is 358 g/mol. The zero-order chi connectivity index (χ0) is 17.0. The molecular formula is C22H26BrN. The van der Waals surface area contributed by atoms with Crippen LogP contribution >= 0.6 is 15.9 Å². The minimum absolute atomic E-state index is 0.647. The summed E-state index contributed by atoms with van der Waals surface area (Å²) >= 11 is 3.48. The Bertz CT molecular complexity index is 623. The van der Waals surface area contributed by atoms with Crippen molar-refractivity contribution in [3.05, 3.63) is 70.8 Å². The maximum absolute atomic E-state index is 8.59. The van der Waals surface area contributed by atoms with Crippen molar-refractivity contribution in [3.63, 3.8) is 0 Å². The van der Waals surface area contributed by atoms with Crippen LogP contribution in [0.25, 0.3) is 0 Å². The zero-order valence-electron chi connectivity index (χ0n) is 14.3. The summed E-state index contributed by atoms with van der Waals surface area (Å²) in [4.78, 5) is 0. The molecule has 0 atom stereocenters. The topological polar surface area (TPSA) is 23.8 Å². The predicted molar refractivity (Wildman–Crippen MR) is 106 cm³/mol. The summed E-state index contributed by atoms with van der Waals surface area (Å²) in [5, 5.41) is 9.69. The van der Waals surface area contributed by atoms with Crippen LogP contribution in [0.2, 0.25) is 0 Å². The Balaban J connectivity index is 1.77. The van der Waals surface area contributed by atoms with E-state index in [1.165, 1.54) is 41.5 Å². The van der Waals surface area contributed by atoms with E-state index in [0.29, 0.717) is 6.42 Å². The lowest BCUT2D eigenvalue weighted by Crippen LogP contribution is -1.93. The Kier molecular flexibility index (Phi) is 8.63. The Morgan fingerprint density at radius 1 is 0.625 bits per heavy atom. The molecule has 126 valence electrons. The van der Waals surface area contributed by atoms with Gasteiger partial charge in [0.2, 0.25) is 0 Å². The number of hydrogen-bond donors (Lipinski definition) is 0.